The number of rotatable bonds is 6. The molecule has 3 fully saturated rings. The topological polar surface area (TPSA) is 3.24 Å². The molecule has 2 spiro atoms. The third kappa shape index (κ3) is 5.74. The van der Waals surface area contributed by atoms with Gasteiger partial charge in [0.1, 0.15) is 0 Å². The molecule has 5 aliphatic rings. The van der Waals surface area contributed by atoms with Crippen LogP contribution in [0.25, 0.3) is 64.7 Å². The van der Waals surface area contributed by atoms with Gasteiger partial charge in [0.15, 0.2) is 0 Å². The van der Waals surface area contributed by atoms with E-state index in [2.05, 4.69) is 255 Å². The summed E-state index contributed by atoms with van der Waals surface area (Å²) in [5.41, 5.74) is 22.2. The molecule has 5 aliphatic carbocycles. The summed E-state index contributed by atoms with van der Waals surface area (Å²) in [6, 6.07) is 90.9. The minimum atomic E-state index is -0.471. The number of thiophene rings is 1. The Morgan fingerprint density at radius 1 is 0.387 bits per heavy atom. The summed E-state index contributed by atoms with van der Waals surface area (Å²) in [5.74, 6) is 2.54. The Balaban J connectivity index is 0.949. The van der Waals surface area contributed by atoms with Crippen molar-refractivity contribution in [2.24, 2.45) is 23.7 Å². The van der Waals surface area contributed by atoms with Crippen LogP contribution in [0.5, 0.6) is 0 Å². The molecule has 75 heavy (non-hydrogen) atoms. The lowest BCUT2D eigenvalue weighted by Gasteiger charge is -2.54. The third-order valence-electron chi connectivity index (χ3n) is 19.7. The molecular formula is C73H57NS. The monoisotopic (exact) mass is 979 g/mol. The van der Waals surface area contributed by atoms with Crippen molar-refractivity contribution >= 4 is 48.6 Å². The van der Waals surface area contributed by atoms with Crippen LogP contribution in [0.2, 0.25) is 0 Å². The Kier molecular flexibility index (Phi) is 9.37. The standard InChI is InChI=1S/C73H57NS/c1-46-41-50-43-49-44-51(42-46)73(50)66-45-53(39-40-65(66)72(64-31-15-14-30-63(64)71(49,73)2)61-28-12-8-24-57(61)58-25-9-13-29-62(58)72)74(67-32-16-10-22-55(67)47-19-4-3-5-20-47)52-37-35-48(36-38-52)54-21-6-7-23-56(54)59-27-18-34-69-70(59)60-26-11-17-33-68(60)75-69/h3-40,45-46,49-51H,41-44H2,1-2H3/t46-,49+,50+,51-,71-,73?/m0/s1. The molecule has 6 atom stereocenters. The Morgan fingerprint density at radius 2 is 0.920 bits per heavy atom. The first-order valence-corrected chi connectivity index (χ1v) is 28.3. The van der Waals surface area contributed by atoms with Crippen LogP contribution in [-0.2, 0) is 16.2 Å². The number of fused-ring (bicyclic) bond motifs is 12. The van der Waals surface area contributed by atoms with Gasteiger partial charge in [-0.05, 0) is 164 Å². The molecule has 1 aromatic heterocycles. The number of hydrogen-bond donors (Lipinski definition) is 0. The molecule has 2 bridgehead atoms. The highest BCUT2D eigenvalue weighted by atomic mass is 32.1. The normalized spacial score (nSPS) is 23.1. The van der Waals surface area contributed by atoms with Crippen LogP contribution in [0.15, 0.2) is 237 Å². The van der Waals surface area contributed by atoms with E-state index in [0.29, 0.717) is 17.8 Å². The summed E-state index contributed by atoms with van der Waals surface area (Å²) in [6.07, 6.45) is 5.18. The maximum atomic E-state index is 2.76. The minimum Gasteiger partial charge on any atom is -0.310 e. The van der Waals surface area contributed by atoms with E-state index in [1.54, 1.807) is 11.1 Å². The van der Waals surface area contributed by atoms with Gasteiger partial charge >= 0.3 is 0 Å². The highest BCUT2D eigenvalue weighted by Crippen LogP contribution is 2.79. The number of para-hydroxylation sites is 1. The molecule has 16 rings (SSSR count). The molecule has 0 N–H and O–H groups in total. The Bertz CT molecular complexity index is 4040. The fourth-order valence-corrected chi connectivity index (χ4v) is 18.4. The van der Waals surface area contributed by atoms with E-state index < -0.39 is 5.41 Å². The van der Waals surface area contributed by atoms with E-state index in [0.717, 1.165) is 11.6 Å². The molecule has 11 aromatic rings. The Labute approximate surface area is 444 Å². The molecular weight excluding hydrogens is 923 g/mol. The Hall–Kier alpha value is -7.78. The fourth-order valence-electron chi connectivity index (χ4n) is 17.2. The first-order valence-electron chi connectivity index (χ1n) is 27.5. The van der Waals surface area contributed by atoms with Crippen LogP contribution < -0.4 is 4.90 Å². The van der Waals surface area contributed by atoms with E-state index in [-0.39, 0.29) is 10.8 Å². The third-order valence-corrected chi connectivity index (χ3v) is 20.9. The van der Waals surface area contributed by atoms with Crippen LogP contribution in [0.3, 0.4) is 0 Å². The zero-order chi connectivity index (χ0) is 49.6. The van der Waals surface area contributed by atoms with Gasteiger partial charge in [0, 0.05) is 47.9 Å². The van der Waals surface area contributed by atoms with Crippen molar-refractivity contribution in [1.82, 2.24) is 0 Å². The van der Waals surface area contributed by atoms with Crippen LogP contribution in [0, 0.1) is 23.7 Å². The summed E-state index contributed by atoms with van der Waals surface area (Å²) in [6.45, 7) is 5.30. The molecule has 1 heterocycles. The van der Waals surface area contributed by atoms with Crippen LogP contribution in [-0.4, -0.2) is 0 Å². The predicted molar refractivity (Wildman–Crippen MR) is 315 cm³/mol. The van der Waals surface area contributed by atoms with Crippen molar-refractivity contribution in [3.8, 4) is 44.5 Å². The molecule has 3 saturated carbocycles. The number of anilines is 3. The predicted octanol–water partition coefficient (Wildman–Crippen LogP) is 19.5. The van der Waals surface area contributed by atoms with Gasteiger partial charge in [-0.1, -0.05) is 208 Å². The molecule has 0 aliphatic heterocycles. The van der Waals surface area contributed by atoms with E-state index in [1.165, 1.54) is 124 Å². The maximum absolute atomic E-state index is 2.76. The summed E-state index contributed by atoms with van der Waals surface area (Å²) in [7, 11) is 0. The van der Waals surface area contributed by atoms with Gasteiger partial charge in [0.25, 0.3) is 0 Å². The maximum Gasteiger partial charge on any atom is 0.0719 e. The molecule has 1 unspecified atom stereocenters. The summed E-state index contributed by atoms with van der Waals surface area (Å²) < 4.78 is 2.66. The summed E-state index contributed by atoms with van der Waals surface area (Å²) in [5, 5.41) is 2.67. The molecule has 0 radical (unpaired) electrons. The molecule has 360 valence electrons. The van der Waals surface area contributed by atoms with Crippen molar-refractivity contribution in [3.63, 3.8) is 0 Å². The highest BCUT2D eigenvalue weighted by Gasteiger charge is 2.75. The van der Waals surface area contributed by atoms with Gasteiger partial charge in [-0.2, -0.15) is 0 Å². The second-order valence-electron chi connectivity index (χ2n) is 22.9. The summed E-state index contributed by atoms with van der Waals surface area (Å²) in [4.78, 5) is 2.60. The highest BCUT2D eigenvalue weighted by molar-refractivity contribution is 7.25. The SMILES string of the molecule is C[C@H]1C[C@@H]2C[C@@H]3C[C@H](C1)C21c2cc(N(c4ccc(-c5ccccc5-c5cccc6sc7ccccc7c56)cc4)c4ccccc4-c4ccccc4)ccc2C2(c4ccccc4-c4ccccc42)c2ccccc2[C@]31C. The quantitative estimate of drug-likeness (QED) is 0.160. The smallest absolute Gasteiger partial charge is 0.0719 e. The van der Waals surface area contributed by atoms with Gasteiger partial charge < -0.3 is 4.90 Å². The van der Waals surface area contributed by atoms with Gasteiger partial charge in [0.2, 0.25) is 0 Å². The van der Waals surface area contributed by atoms with Gasteiger partial charge in [-0.15, -0.1) is 11.3 Å². The van der Waals surface area contributed by atoms with Crippen LogP contribution in [0.4, 0.5) is 17.1 Å². The summed E-state index contributed by atoms with van der Waals surface area (Å²) >= 11 is 1.89. The van der Waals surface area contributed by atoms with Crippen molar-refractivity contribution in [2.75, 3.05) is 4.90 Å². The zero-order valence-corrected chi connectivity index (χ0v) is 43.3. The van der Waals surface area contributed by atoms with Gasteiger partial charge in [-0.25, -0.2) is 0 Å². The van der Waals surface area contributed by atoms with Crippen molar-refractivity contribution in [1.29, 1.82) is 0 Å². The minimum absolute atomic E-state index is 0.0313. The molecule has 0 amide bonds. The average molecular weight is 980 g/mol. The number of nitrogens with zero attached hydrogens (tertiary/aromatic N) is 1. The van der Waals surface area contributed by atoms with Crippen molar-refractivity contribution in [2.45, 2.75) is 55.8 Å². The van der Waals surface area contributed by atoms with E-state index in [4.69, 9.17) is 0 Å². The van der Waals surface area contributed by atoms with Gasteiger partial charge in [-0.3, -0.25) is 0 Å². The lowest BCUT2D eigenvalue weighted by Crippen LogP contribution is -2.52. The van der Waals surface area contributed by atoms with Crippen molar-refractivity contribution in [3.05, 3.63) is 270 Å². The molecule has 2 heteroatoms. The Morgan fingerprint density at radius 3 is 1.65 bits per heavy atom. The number of hydrogen-bond acceptors (Lipinski definition) is 2. The van der Waals surface area contributed by atoms with E-state index in [1.807, 2.05) is 11.3 Å². The second-order valence-corrected chi connectivity index (χ2v) is 24.0. The lowest BCUT2D eigenvalue weighted by molar-refractivity contribution is 0.0675. The molecule has 0 saturated heterocycles. The van der Waals surface area contributed by atoms with E-state index in [9.17, 15) is 0 Å². The molecule has 10 aromatic carbocycles. The molecule has 1 nitrogen and oxygen atoms in total. The fraction of sp³-hybridized carbons (Fsp3) is 0.178. The van der Waals surface area contributed by atoms with Crippen LogP contribution in [0.1, 0.15) is 72.9 Å². The average Bonchev–Trinajstić information content (AvgIpc) is 3.87. The first kappa shape index (κ1) is 43.6. The lowest BCUT2D eigenvalue weighted by atomic mass is 9.49. The first-order chi connectivity index (χ1) is 37.0. The largest absolute Gasteiger partial charge is 0.310 e. The second kappa shape index (κ2) is 16.1. The zero-order valence-electron chi connectivity index (χ0n) is 42.5. The van der Waals surface area contributed by atoms with Crippen LogP contribution >= 0.6 is 11.3 Å². The van der Waals surface area contributed by atoms with Gasteiger partial charge in [0.05, 0.1) is 11.1 Å². The van der Waals surface area contributed by atoms with Crippen molar-refractivity contribution < 1.29 is 0 Å². The van der Waals surface area contributed by atoms with E-state index >= 15 is 0 Å². The number of benzene rings is 10.